The summed E-state index contributed by atoms with van der Waals surface area (Å²) in [6.07, 6.45) is 0. The third-order valence-electron chi connectivity index (χ3n) is 0.431. The first-order chi connectivity index (χ1) is 3.63. The van der Waals surface area contributed by atoms with Gasteiger partial charge in [-0.3, -0.25) is 0 Å². The molecule has 0 aliphatic rings. The lowest BCUT2D eigenvalue weighted by atomic mass is 10.7. The Kier molecular flexibility index (Phi) is 3.99. The van der Waals surface area contributed by atoms with Crippen molar-refractivity contribution >= 4 is 33.6 Å². The summed E-state index contributed by atoms with van der Waals surface area (Å²) in [5, 5.41) is 2.30. The highest BCUT2D eigenvalue weighted by molar-refractivity contribution is 9.10. The number of carbonyl (C=O) groups is 1. The molecule has 0 radical (unpaired) electrons. The van der Waals surface area contributed by atoms with Crippen LogP contribution in [0.4, 0.5) is 4.79 Å². The van der Waals surface area contributed by atoms with Gasteiger partial charge in [0.15, 0.2) is 0 Å². The Morgan fingerprint density at radius 3 is 2.62 bits per heavy atom. The molecule has 0 aliphatic heterocycles. The van der Waals surface area contributed by atoms with Gasteiger partial charge < -0.3 is 11.1 Å². The second-order valence-corrected chi connectivity index (χ2v) is 3.30. The van der Waals surface area contributed by atoms with Crippen LogP contribution in [0.3, 0.4) is 0 Å². The van der Waals surface area contributed by atoms with Crippen molar-refractivity contribution in [3.8, 4) is 0 Å². The molecule has 0 aromatic carbocycles. The van der Waals surface area contributed by atoms with Gasteiger partial charge in [-0.15, -0.1) is 11.6 Å². The summed E-state index contributed by atoms with van der Waals surface area (Å²) in [5.74, 6) is 0. The van der Waals surface area contributed by atoms with E-state index in [2.05, 4.69) is 21.2 Å². The van der Waals surface area contributed by atoms with Crippen LogP contribution in [0.5, 0.6) is 0 Å². The summed E-state index contributed by atoms with van der Waals surface area (Å²) < 4.78 is -0.241. The van der Waals surface area contributed by atoms with E-state index in [0.717, 1.165) is 0 Å². The quantitative estimate of drug-likeness (QED) is 0.632. The van der Waals surface area contributed by atoms with E-state index < -0.39 is 6.03 Å². The van der Waals surface area contributed by atoms with Gasteiger partial charge in [-0.05, 0) is 0 Å². The fraction of sp³-hybridized carbons (Fsp3) is 0.667. The Hall–Kier alpha value is 0.0400. The number of rotatable bonds is 2. The Balaban J connectivity index is 3.05. The normalized spacial score (nSPS) is 12.8. The SMILES string of the molecule is NC(=O)NCC(Cl)Br. The number of amides is 2. The number of nitrogens with one attached hydrogen (secondary N) is 1. The second kappa shape index (κ2) is 3.97. The number of hydrogen-bond donors (Lipinski definition) is 2. The Labute approximate surface area is 60.7 Å². The monoisotopic (exact) mass is 200 g/mol. The van der Waals surface area contributed by atoms with E-state index in [4.69, 9.17) is 17.3 Å². The maximum atomic E-state index is 9.94. The molecule has 2 amide bonds. The highest BCUT2D eigenvalue weighted by Gasteiger charge is 1.96. The van der Waals surface area contributed by atoms with E-state index in [9.17, 15) is 4.79 Å². The lowest BCUT2D eigenvalue weighted by molar-refractivity contribution is 0.249. The van der Waals surface area contributed by atoms with Crippen molar-refractivity contribution in [1.29, 1.82) is 0 Å². The van der Waals surface area contributed by atoms with Crippen molar-refractivity contribution in [2.75, 3.05) is 6.54 Å². The van der Waals surface area contributed by atoms with E-state index >= 15 is 0 Å². The van der Waals surface area contributed by atoms with Crippen LogP contribution >= 0.6 is 27.5 Å². The first-order valence-electron chi connectivity index (χ1n) is 1.94. The zero-order chi connectivity index (χ0) is 6.57. The highest BCUT2D eigenvalue weighted by atomic mass is 79.9. The van der Waals surface area contributed by atoms with E-state index in [1.54, 1.807) is 0 Å². The summed E-state index contributed by atoms with van der Waals surface area (Å²) in [4.78, 5) is 9.94. The Morgan fingerprint density at radius 1 is 2.00 bits per heavy atom. The van der Waals surface area contributed by atoms with Crippen molar-refractivity contribution < 1.29 is 4.79 Å². The number of nitrogens with two attached hydrogens (primary N) is 1. The molecule has 3 nitrogen and oxygen atoms in total. The molecule has 1 unspecified atom stereocenters. The maximum absolute atomic E-state index is 9.94. The minimum Gasteiger partial charge on any atom is -0.352 e. The van der Waals surface area contributed by atoms with Gasteiger partial charge in [0, 0.05) is 6.54 Å². The van der Waals surface area contributed by atoms with Crippen LogP contribution in [0.1, 0.15) is 0 Å². The van der Waals surface area contributed by atoms with Gasteiger partial charge in [0.1, 0.15) is 4.29 Å². The highest BCUT2D eigenvalue weighted by Crippen LogP contribution is 2.00. The van der Waals surface area contributed by atoms with Gasteiger partial charge in [-0.2, -0.15) is 0 Å². The predicted octanol–water partition coefficient (Wildman–Crippen LogP) is 0.615. The number of alkyl halides is 2. The molecule has 0 aromatic heterocycles. The molecule has 0 heterocycles. The minimum atomic E-state index is -0.560. The Bertz CT molecular complexity index is 87.4. The van der Waals surface area contributed by atoms with Gasteiger partial charge in [0.2, 0.25) is 0 Å². The van der Waals surface area contributed by atoms with Gasteiger partial charge in [0.05, 0.1) is 0 Å². The number of carbonyl (C=O) groups excluding carboxylic acids is 1. The number of hydrogen-bond acceptors (Lipinski definition) is 1. The molecule has 0 spiro atoms. The van der Waals surface area contributed by atoms with E-state index in [-0.39, 0.29) is 4.29 Å². The van der Waals surface area contributed by atoms with Crippen molar-refractivity contribution in [3.63, 3.8) is 0 Å². The predicted molar refractivity (Wildman–Crippen MR) is 36.2 cm³/mol. The van der Waals surface area contributed by atoms with Gasteiger partial charge >= 0.3 is 6.03 Å². The molecule has 5 heteroatoms. The summed E-state index contributed by atoms with van der Waals surface area (Å²) in [6.45, 7) is 0.344. The number of primary amides is 1. The van der Waals surface area contributed by atoms with Crippen molar-refractivity contribution in [3.05, 3.63) is 0 Å². The molecule has 0 aliphatic carbocycles. The maximum Gasteiger partial charge on any atom is 0.312 e. The smallest absolute Gasteiger partial charge is 0.312 e. The molecule has 0 rings (SSSR count). The van der Waals surface area contributed by atoms with E-state index in [1.807, 2.05) is 0 Å². The second-order valence-electron chi connectivity index (χ2n) is 1.14. The summed E-state index contributed by atoms with van der Waals surface area (Å²) in [7, 11) is 0. The molecule has 0 aromatic rings. The van der Waals surface area contributed by atoms with E-state index in [0.29, 0.717) is 6.54 Å². The molecular weight excluding hydrogens is 195 g/mol. The van der Waals surface area contributed by atoms with E-state index in [1.165, 1.54) is 0 Å². The fourth-order valence-corrected chi connectivity index (χ4v) is 0.417. The molecule has 48 valence electrons. The van der Waals surface area contributed by atoms with Crippen molar-refractivity contribution in [2.24, 2.45) is 5.73 Å². The third-order valence-corrected chi connectivity index (χ3v) is 0.909. The van der Waals surface area contributed by atoms with Gasteiger partial charge in [-0.25, -0.2) is 4.79 Å². The lowest BCUT2D eigenvalue weighted by Gasteiger charge is -1.99. The van der Waals surface area contributed by atoms with Crippen molar-refractivity contribution in [2.45, 2.75) is 4.29 Å². The molecule has 1 atom stereocenters. The lowest BCUT2D eigenvalue weighted by Crippen LogP contribution is -2.32. The van der Waals surface area contributed by atoms with Crippen LogP contribution < -0.4 is 11.1 Å². The van der Waals surface area contributed by atoms with Gasteiger partial charge in [-0.1, -0.05) is 15.9 Å². The van der Waals surface area contributed by atoms with Crippen LogP contribution in [-0.2, 0) is 0 Å². The largest absolute Gasteiger partial charge is 0.352 e. The summed E-state index contributed by atoms with van der Waals surface area (Å²) in [6, 6.07) is -0.560. The topological polar surface area (TPSA) is 55.1 Å². The fourth-order valence-electron chi connectivity index (χ4n) is 0.178. The average molecular weight is 201 g/mol. The zero-order valence-corrected chi connectivity index (χ0v) is 6.37. The Morgan fingerprint density at radius 2 is 2.50 bits per heavy atom. The van der Waals surface area contributed by atoms with Crippen LogP contribution in [-0.4, -0.2) is 16.9 Å². The van der Waals surface area contributed by atoms with Gasteiger partial charge in [0.25, 0.3) is 0 Å². The number of halogens is 2. The minimum absolute atomic E-state index is 0.241. The molecule has 0 fully saturated rings. The number of urea groups is 1. The molecule has 8 heavy (non-hydrogen) atoms. The molecule has 3 N–H and O–H groups in total. The summed E-state index contributed by atoms with van der Waals surface area (Å²) >= 11 is 8.37. The van der Waals surface area contributed by atoms with Crippen LogP contribution in [0, 0.1) is 0 Å². The molecular formula is C3H6BrClN2O. The van der Waals surface area contributed by atoms with Crippen LogP contribution in [0.15, 0.2) is 0 Å². The first-order valence-corrected chi connectivity index (χ1v) is 3.29. The average Bonchev–Trinajstić information content (AvgIpc) is 1.61. The van der Waals surface area contributed by atoms with Crippen LogP contribution in [0.2, 0.25) is 0 Å². The first kappa shape index (κ1) is 8.04. The zero-order valence-electron chi connectivity index (χ0n) is 4.03. The van der Waals surface area contributed by atoms with Crippen molar-refractivity contribution in [1.82, 2.24) is 5.32 Å². The summed E-state index contributed by atoms with van der Waals surface area (Å²) in [5.41, 5.74) is 4.71. The third kappa shape index (κ3) is 6.04. The molecule has 0 saturated carbocycles. The molecule has 0 saturated heterocycles. The van der Waals surface area contributed by atoms with Crippen LogP contribution in [0.25, 0.3) is 0 Å². The molecule has 0 bridgehead atoms. The standard InChI is InChI=1S/C3H6BrClN2O/c4-2(5)1-7-3(6)8/h2H,1H2,(H3,6,7,8).